The maximum Gasteiger partial charge on any atom is 0.0559 e. The molecule has 1 unspecified atom stereocenters. The summed E-state index contributed by atoms with van der Waals surface area (Å²) in [5, 5.41) is 0. The van der Waals surface area contributed by atoms with Gasteiger partial charge >= 0.3 is 0 Å². The van der Waals surface area contributed by atoms with E-state index in [1.165, 1.54) is 16.9 Å². The van der Waals surface area contributed by atoms with E-state index in [0.717, 1.165) is 12.0 Å². The molecule has 3 rings (SSSR count). The number of nitrogens with zero attached hydrogens (tertiary/aromatic N) is 1. The van der Waals surface area contributed by atoms with Crippen LogP contribution in [-0.4, -0.2) is 6.04 Å². The lowest BCUT2D eigenvalue weighted by molar-refractivity contribution is 0.785. The van der Waals surface area contributed by atoms with E-state index in [0.29, 0.717) is 6.04 Å². The molecule has 0 aliphatic heterocycles. The third kappa shape index (κ3) is 3.04. The Morgan fingerprint density at radius 2 is 1.59 bits per heavy atom. The molecule has 1 aliphatic rings. The number of allylic oxidation sites excluding steroid dienone is 2. The lowest BCUT2D eigenvalue weighted by atomic mass is 10.0. The highest BCUT2D eigenvalue weighted by Crippen LogP contribution is 2.31. The molecule has 0 amide bonds. The largest absolute Gasteiger partial charge is 0.334 e. The van der Waals surface area contributed by atoms with Gasteiger partial charge in [0.05, 0.1) is 6.04 Å². The molecule has 2 aromatic carbocycles. The van der Waals surface area contributed by atoms with Crippen LogP contribution in [0, 0.1) is 6.92 Å². The molecule has 0 saturated carbocycles. The lowest BCUT2D eigenvalue weighted by Gasteiger charge is -2.32. The first-order valence-electron chi connectivity index (χ1n) is 7.69. The van der Waals surface area contributed by atoms with Crippen molar-refractivity contribution in [1.29, 1.82) is 0 Å². The molecule has 1 atom stereocenters. The first-order chi connectivity index (χ1) is 10.8. The summed E-state index contributed by atoms with van der Waals surface area (Å²) in [5.74, 6) is 0. The highest BCUT2D eigenvalue weighted by molar-refractivity contribution is 5.67. The van der Waals surface area contributed by atoms with Crippen LogP contribution in [0.3, 0.4) is 0 Å². The summed E-state index contributed by atoms with van der Waals surface area (Å²) in [6.07, 6.45) is 11.6. The number of rotatable bonds is 4. The Balaban J connectivity index is 2.01. The zero-order valence-corrected chi connectivity index (χ0v) is 12.9. The first kappa shape index (κ1) is 14.4. The molecule has 0 bridgehead atoms. The van der Waals surface area contributed by atoms with Gasteiger partial charge in [0.15, 0.2) is 0 Å². The molecule has 1 aliphatic carbocycles. The van der Waals surface area contributed by atoms with Gasteiger partial charge in [0.2, 0.25) is 0 Å². The monoisotopic (exact) mass is 287 g/mol. The van der Waals surface area contributed by atoms with Gasteiger partial charge in [-0.05, 0) is 43.2 Å². The topological polar surface area (TPSA) is 3.24 Å². The summed E-state index contributed by atoms with van der Waals surface area (Å²) >= 11 is 0. The van der Waals surface area contributed by atoms with Gasteiger partial charge < -0.3 is 4.90 Å². The van der Waals surface area contributed by atoms with E-state index in [1.54, 1.807) is 0 Å². The fourth-order valence-corrected chi connectivity index (χ4v) is 2.77. The van der Waals surface area contributed by atoms with Crippen molar-refractivity contribution in [2.45, 2.75) is 19.4 Å². The Hall–Kier alpha value is -2.54. The summed E-state index contributed by atoms with van der Waals surface area (Å²) in [4.78, 5) is 2.40. The molecular formula is C21H21N. The van der Waals surface area contributed by atoms with Crippen LogP contribution in [0.15, 0.2) is 79.4 Å². The minimum Gasteiger partial charge on any atom is -0.334 e. The van der Waals surface area contributed by atoms with Crippen molar-refractivity contribution in [1.82, 2.24) is 0 Å². The average Bonchev–Trinajstić information content (AvgIpc) is 2.58. The molecule has 110 valence electrons. The molecule has 2 aromatic rings. The molecule has 1 nitrogen and oxygen atoms in total. The van der Waals surface area contributed by atoms with Gasteiger partial charge in [-0.3, -0.25) is 0 Å². The number of hydrogen-bond donors (Lipinski definition) is 0. The van der Waals surface area contributed by atoms with E-state index in [9.17, 15) is 0 Å². The minimum absolute atomic E-state index is 0.349. The van der Waals surface area contributed by atoms with Crippen LogP contribution in [0.25, 0.3) is 6.08 Å². The van der Waals surface area contributed by atoms with E-state index < -0.39 is 0 Å². The van der Waals surface area contributed by atoms with Crippen molar-refractivity contribution >= 4 is 17.5 Å². The second-order valence-corrected chi connectivity index (χ2v) is 5.62. The Morgan fingerprint density at radius 3 is 2.14 bits per heavy atom. The van der Waals surface area contributed by atoms with Gasteiger partial charge in [-0.1, -0.05) is 66.8 Å². The molecule has 22 heavy (non-hydrogen) atoms. The summed E-state index contributed by atoms with van der Waals surface area (Å²) in [6, 6.07) is 17.7. The normalized spacial score (nSPS) is 16.5. The second-order valence-electron chi connectivity index (χ2n) is 5.62. The van der Waals surface area contributed by atoms with Crippen molar-refractivity contribution in [3.63, 3.8) is 0 Å². The summed E-state index contributed by atoms with van der Waals surface area (Å²) < 4.78 is 0. The van der Waals surface area contributed by atoms with Crippen LogP contribution in [0.2, 0.25) is 0 Å². The van der Waals surface area contributed by atoms with Gasteiger partial charge in [0.1, 0.15) is 0 Å². The predicted octanol–water partition coefficient (Wildman–Crippen LogP) is 5.66. The molecule has 0 spiro atoms. The number of anilines is 2. The third-order valence-electron chi connectivity index (χ3n) is 4.01. The smallest absolute Gasteiger partial charge is 0.0559 e. The Bertz CT molecular complexity index is 690. The van der Waals surface area contributed by atoms with E-state index in [4.69, 9.17) is 0 Å². The van der Waals surface area contributed by atoms with Crippen molar-refractivity contribution in [3.8, 4) is 0 Å². The van der Waals surface area contributed by atoms with Crippen LogP contribution in [0.5, 0.6) is 0 Å². The fourth-order valence-electron chi connectivity index (χ4n) is 2.77. The Kier molecular flexibility index (Phi) is 4.24. The van der Waals surface area contributed by atoms with E-state index in [1.807, 2.05) is 6.08 Å². The van der Waals surface area contributed by atoms with Gasteiger partial charge in [-0.15, -0.1) is 0 Å². The highest BCUT2D eigenvalue weighted by Gasteiger charge is 2.18. The molecule has 0 saturated heterocycles. The van der Waals surface area contributed by atoms with Crippen LogP contribution in [0.4, 0.5) is 11.4 Å². The Labute approximate surface area is 132 Å². The van der Waals surface area contributed by atoms with Gasteiger partial charge in [0.25, 0.3) is 0 Å². The van der Waals surface area contributed by atoms with Crippen LogP contribution in [0.1, 0.15) is 17.5 Å². The molecular weight excluding hydrogens is 266 g/mol. The molecule has 1 heteroatoms. The summed E-state index contributed by atoms with van der Waals surface area (Å²) in [5.41, 5.74) is 4.86. The number of benzene rings is 2. The SMILES string of the molecule is C=Cc1ccc(N(c2ccc(C)cc2)C2C=CC=CC2)cc1. The molecule has 0 aromatic heterocycles. The average molecular weight is 287 g/mol. The first-order valence-corrected chi connectivity index (χ1v) is 7.69. The second kappa shape index (κ2) is 6.48. The highest BCUT2D eigenvalue weighted by atomic mass is 15.2. The van der Waals surface area contributed by atoms with E-state index in [2.05, 4.69) is 91.2 Å². The zero-order valence-electron chi connectivity index (χ0n) is 12.9. The summed E-state index contributed by atoms with van der Waals surface area (Å²) in [7, 11) is 0. The predicted molar refractivity (Wildman–Crippen MR) is 96.5 cm³/mol. The quantitative estimate of drug-likeness (QED) is 0.701. The number of aryl methyl sites for hydroxylation is 1. The van der Waals surface area contributed by atoms with Gasteiger partial charge in [0, 0.05) is 11.4 Å². The molecule has 0 fully saturated rings. The van der Waals surface area contributed by atoms with E-state index in [-0.39, 0.29) is 0 Å². The van der Waals surface area contributed by atoms with Gasteiger partial charge in [-0.2, -0.15) is 0 Å². The van der Waals surface area contributed by atoms with Crippen molar-refractivity contribution in [2.24, 2.45) is 0 Å². The molecule has 0 heterocycles. The molecule has 0 radical (unpaired) electrons. The van der Waals surface area contributed by atoms with Crippen LogP contribution in [-0.2, 0) is 0 Å². The Morgan fingerprint density at radius 1 is 0.955 bits per heavy atom. The van der Waals surface area contributed by atoms with Crippen molar-refractivity contribution in [2.75, 3.05) is 4.90 Å². The van der Waals surface area contributed by atoms with Gasteiger partial charge in [-0.25, -0.2) is 0 Å². The third-order valence-corrected chi connectivity index (χ3v) is 4.01. The maximum atomic E-state index is 3.83. The van der Waals surface area contributed by atoms with Crippen molar-refractivity contribution in [3.05, 3.63) is 90.5 Å². The standard InChI is InChI=1S/C21H21N/c1-3-18-11-15-21(16-12-18)22(19-7-5-4-6-8-19)20-13-9-17(2)10-14-20/h3-7,9-16,19H,1,8H2,2H3. The zero-order chi connectivity index (χ0) is 15.4. The van der Waals surface area contributed by atoms with Crippen LogP contribution < -0.4 is 4.90 Å². The minimum atomic E-state index is 0.349. The lowest BCUT2D eigenvalue weighted by Crippen LogP contribution is -2.29. The van der Waals surface area contributed by atoms with E-state index >= 15 is 0 Å². The fraction of sp³-hybridized carbons (Fsp3) is 0.143. The molecule has 0 N–H and O–H groups in total. The maximum absolute atomic E-state index is 3.83. The number of hydrogen-bond acceptors (Lipinski definition) is 1. The van der Waals surface area contributed by atoms with Crippen LogP contribution >= 0.6 is 0 Å². The van der Waals surface area contributed by atoms with Crippen molar-refractivity contribution < 1.29 is 0 Å². The summed E-state index contributed by atoms with van der Waals surface area (Å²) in [6.45, 7) is 5.95.